The first kappa shape index (κ1) is 14.9. The van der Waals surface area contributed by atoms with Crippen LogP contribution in [0.2, 0.25) is 0 Å². The van der Waals surface area contributed by atoms with Crippen LogP contribution in [-0.2, 0) is 4.79 Å². The summed E-state index contributed by atoms with van der Waals surface area (Å²) >= 11 is 0. The average Bonchev–Trinajstić information content (AvgIpc) is 2.17. The molecule has 0 spiro atoms. The van der Waals surface area contributed by atoms with Crippen LogP contribution in [0.4, 0.5) is 4.79 Å². The van der Waals surface area contributed by atoms with Gasteiger partial charge in [-0.1, -0.05) is 0 Å². The van der Waals surface area contributed by atoms with Crippen LogP contribution in [0.25, 0.3) is 0 Å². The summed E-state index contributed by atoms with van der Waals surface area (Å²) in [4.78, 5) is 24.7. The Hall–Kier alpha value is -1.14. The second-order valence-electron chi connectivity index (χ2n) is 3.96. The lowest BCUT2D eigenvalue weighted by molar-refractivity contribution is -0.118. The van der Waals surface area contributed by atoms with Gasteiger partial charge in [0.15, 0.2) is 5.78 Å². The van der Waals surface area contributed by atoms with Gasteiger partial charge in [0.1, 0.15) is 0 Å². The number of Topliss-reactive ketones (excluding diaryl/α,β-unsaturated/α-hetero) is 1. The van der Waals surface area contributed by atoms with E-state index in [0.717, 1.165) is 6.54 Å². The summed E-state index contributed by atoms with van der Waals surface area (Å²) in [6.45, 7) is 4.43. The van der Waals surface area contributed by atoms with Gasteiger partial charge < -0.3 is 10.2 Å². The second-order valence-corrected chi connectivity index (χ2v) is 3.96. The van der Waals surface area contributed by atoms with Gasteiger partial charge in [-0.05, 0) is 27.9 Å². The van der Waals surface area contributed by atoms with E-state index >= 15 is 0 Å². The Balaban J connectivity index is 4.15. The van der Waals surface area contributed by atoms with Gasteiger partial charge in [-0.25, -0.2) is 10.2 Å². The van der Waals surface area contributed by atoms with Crippen molar-refractivity contribution in [3.8, 4) is 0 Å². The van der Waals surface area contributed by atoms with Gasteiger partial charge >= 0.3 is 6.03 Å². The number of urea groups is 1. The highest BCUT2D eigenvalue weighted by Crippen LogP contribution is 1.89. The Morgan fingerprint density at radius 3 is 2.19 bits per heavy atom. The van der Waals surface area contributed by atoms with Gasteiger partial charge in [-0.15, -0.1) is 0 Å². The Morgan fingerprint density at radius 1 is 1.25 bits per heavy atom. The maximum absolute atomic E-state index is 11.7. The van der Waals surface area contributed by atoms with E-state index in [4.69, 9.17) is 0 Å². The van der Waals surface area contributed by atoms with Gasteiger partial charge in [0, 0.05) is 13.6 Å². The van der Waals surface area contributed by atoms with Crippen molar-refractivity contribution >= 4 is 11.8 Å². The van der Waals surface area contributed by atoms with E-state index in [0.29, 0.717) is 6.54 Å². The van der Waals surface area contributed by atoms with Crippen LogP contribution in [-0.4, -0.2) is 62.0 Å². The number of amides is 2. The fraction of sp³-hybridized carbons (Fsp3) is 0.800. The number of hydrogen-bond donors (Lipinski definition) is 2. The number of hydrogen-bond acceptors (Lipinski definition) is 4. The molecule has 94 valence electrons. The molecule has 0 aromatic carbocycles. The predicted molar refractivity (Wildman–Crippen MR) is 63.0 cm³/mol. The zero-order valence-corrected chi connectivity index (χ0v) is 10.7. The van der Waals surface area contributed by atoms with Crippen molar-refractivity contribution in [2.45, 2.75) is 19.9 Å². The van der Waals surface area contributed by atoms with Gasteiger partial charge in [-0.2, -0.15) is 0 Å². The summed E-state index contributed by atoms with van der Waals surface area (Å²) in [6, 6.07) is -0.741. The smallest absolute Gasteiger partial charge is 0.327 e. The molecule has 1 atom stereocenters. The molecule has 0 aromatic rings. The molecule has 6 nitrogen and oxygen atoms in total. The minimum Gasteiger partial charge on any atom is -0.327 e. The van der Waals surface area contributed by atoms with Crippen molar-refractivity contribution in [1.29, 1.82) is 0 Å². The molecule has 0 aromatic heterocycles. The molecule has 0 saturated carbocycles. The van der Waals surface area contributed by atoms with Crippen molar-refractivity contribution < 1.29 is 9.59 Å². The molecule has 0 heterocycles. The number of rotatable bonds is 6. The van der Waals surface area contributed by atoms with E-state index in [1.807, 2.05) is 19.0 Å². The van der Waals surface area contributed by atoms with E-state index in [2.05, 4.69) is 10.7 Å². The third-order valence-electron chi connectivity index (χ3n) is 2.24. The third kappa shape index (κ3) is 5.67. The van der Waals surface area contributed by atoms with E-state index < -0.39 is 6.04 Å². The molecule has 6 heteroatoms. The summed E-state index contributed by atoms with van der Waals surface area (Å²) in [5, 5.41) is 4.05. The van der Waals surface area contributed by atoms with E-state index in [1.165, 1.54) is 11.9 Å². The van der Waals surface area contributed by atoms with Crippen molar-refractivity contribution in [1.82, 2.24) is 20.7 Å². The van der Waals surface area contributed by atoms with Crippen LogP contribution in [0.15, 0.2) is 0 Å². The van der Waals surface area contributed by atoms with Crippen molar-refractivity contribution in [3.05, 3.63) is 0 Å². The number of nitrogens with zero attached hydrogens (tertiary/aromatic N) is 2. The number of hydrazine groups is 1. The fourth-order valence-electron chi connectivity index (χ4n) is 0.980. The molecule has 0 rings (SSSR count). The van der Waals surface area contributed by atoms with Gasteiger partial charge in [0.2, 0.25) is 0 Å². The first-order valence-electron chi connectivity index (χ1n) is 5.29. The zero-order valence-electron chi connectivity index (χ0n) is 10.7. The molecule has 0 aliphatic heterocycles. The van der Waals surface area contributed by atoms with Gasteiger partial charge in [-0.3, -0.25) is 9.80 Å². The largest absolute Gasteiger partial charge is 0.332 e. The summed E-state index contributed by atoms with van der Waals surface area (Å²) < 4.78 is 0. The van der Waals surface area contributed by atoms with Crippen LogP contribution in [0, 0.1) is 0 Å². The molecule has 0 radical (unpaired) electrons. The van der Waals surface area contributed by atoms with Gasteiger partial charge in [0.05, 0.1) is 12.6 Å². The van der Waals surface area contributed by atoms with Crippen LogP contribution in [0.5, 0.6) is 0 Å². The summed E-state index contributed by atoms with van der Waals surface area (Å²) in [5.74, 6) is -0.0583. The van der Waals surface area contributed by atoms with Gasteiger partial charge in [0.25, 0.3) is 0 Å². The number of carbonyl (C=O) groups is 2. The highest BCUT2D eigenvalue weighted by Gasteiger charge is 2.16. The number of ketones is 1. The monoisotopic (exact) mass is 230 g/mol. The molecule has 0 aliphatic rings. The second kappa shape index (κ2) is 7.19. The highest BCUT2D eigenvalue weighted by molar-refractivity contribution is 5.86. The first-order chi connectivity index (χ1) is 7.38. The summed E-state index contributed by atoms with van der Waals surface area (Å²) in [7, 11) is 5.54. The van der Waals surface area contributed by atoms with Crippen LogP contribution in [0.1, 0.15) is 13.8 Å². The van der Waals surface area contributed by atoms with Crippen molar-refractivity contribution in [3.63, 3.8) is 0 Å². The minimum absolute atomic E-state index is 0.0583. The fourth-order valence-corrected chi connectivity index (χ4v) is 0.980. The minimum atomic E-state index is -0.456. The maximum Gasteiger partial charge on any atom is 0.332 e. The molecule has 2 N–H and O–H groups in total. The van der Waals surface area contributed by atoms with Crippen molar-refractivity contribution in [2.75, 3.05) is 34.2 Å². The van der Waals surface area contributed by atoms with E-state index in [9.17, 15) is 9.59 Å². The summed E-state index contributed by atoms with van der Waals surface area (Å²) in [5.41, 5.74) is 2.78. The quantitative estimate of drug-likeness (QED) is 0.613. The lowest BCUT2D eigenvalue weighted by Crippen LogP contribution is -2.52. The standard InChI is InChI=1S/C10H22N4O2/c1-8(9(2)15)12-10(16)14(11-3)7-6-13(4)5/h8,11H,6-7H2,1-5H3,(H,12,16). The molecular formula is C10H22N4O2. The predicted octanol–water partition coefficient (Wildman–Crippen LogP) is -0.328. The molecule has 0 aliphatic carbocycles. The number of nitrogens with one attached hydrogen (secondary N) is 2. The van der Waals surface area contributed by atoms with Crippen LogP contribution < -0.4 is 10.7 Å². The molecule has 0 bridgehead atoms. The normalized spacial score (nSPS) is 12.4. The maximum atomic E-state index is 11.7. The Kier molecular flexibility index (Phi) is 6.67. The van der Waals surface area contributed by atoms with Crippen molar-refractivity contribution in [2.24, 2.45) is 0 Å². The molecule has 2 amide bonds. The SMILES string of the molecule is CNN(CCN(C)C)C(=O)NC(C)C(C)=O. The van der Waals surface area contributed by atoms with Crippen LogP contribution >= 0.6 is 0 Å². The zero-order chi connectivity index (χ0) is 12.7. The molecule has 1 unspecified atom stereocenters. The third-order valence-corrected chi connectivity index (χ3v) is 2.24. The molecule has 0 fully saturated rings. The lowest BCUT2D eigenvalue weighted by atomic mass is 10.2. The summed E-state index contributed by atoms with van der Waals surface area (Å²) in [6.07, 6.45) is 0. The number of likely N-dealkylation sites (N-methyl/N-ethyl adjacent to an activating group) is 1. The molecule has 0 saturated heterocycles. The Morgan fingerprint density at radius 2 is 1.81 bits per heavy atom. The first-order valence-corrected chi connectivity index (χ1v) is 5.29. The number of carbonyl (C=O) groups excluding carboxylic acids is 2. The topological polar surface area (TPSA) is 64.7 Å². The van der Waals surface area contributed by atoms with E-state index in [1.54, 1.807) is 14.0 Å². The average molecular weight is 230 g/mol. The molecular weight excluding hydrogens is 208 g/mol. The highest BCUT2D eigenvalue weighted by atomic mass is 16.2. The van der Waals surface area contributed by atoms with E-state index in [-0.39, 0.29) is 11.8 Å². The Bertz CT molecular complexity index is 243. The molecule has 16 heavy (non-hydrogen) atoms. The lowest BCUT2D eigenvalue weighted by Gasteiger charge is -2.24. The Labute approximate surface area is 96.9 Å². The van der Waals surface area contributed by atoms with Crippen LogP contribution in [0.3, 0.4) is 0 Å².